The van der Waals surface area contributed by atoms with Crippen molar-refractivity contribution in [2.45, 2.75) is 12.8 Å². The van der Waals surface area contributed by atoms with E-state index in [1.165, 1.54) is 6.26 Å². The summed E-state index contributed by atoms with van der Waals surface area (Å²) in [6.45, 7) is 3.54. The Morgan fingerprint density at radius 3 is 3.11 bits per heavy atom. The zero-order valence-corrected chi connectivity index (χ0v) is 5.09. The molecule has 48 valence electrons. The zero-order chi connectivity index (χ0) is 6.69. The number of hydrogen-bond donors (Lipinski definition) is 0. The lowest BCUT2D eigenvalue weighted by Crippen LogP contribution is -1.90. The first-order valence-corrected chi connectivity index (χ1v) is 2.81. The second kappa shape index (κ2) is 2.49. The average Bonchev–Trinajstić information content (AvgIpc) is 2.17. The van der Waals surface area contributed by atoms with Crippen LogP contribution in [0.25, 0.3) is 0 Å². The van der Waals surface area contributed by atoms with Crippen molar-refractivity contribution in [3.63, 3.8) is 0 Å². The first-order valence-electron chi connectivity index (χ1n) is 2.81. The van der Waals surface area contributed by atoms with Gasteiger partial charge in [0, 0.05) is 0 Å². The van der Waals surface area contributed by atoms with Crippen molar-refractivity contribution in [2.24, 2.45) is 0 Å². The zero-order valence-electron chi connectivity index (χ0n) is 5.09. The molecule has 0 amide bonds. The maximum Gasteiger partial charge on any atom is 0.314 e. The third-order valence-corrected chi connectivity index (χ3v) is 1.13. The van der Waals surface area contributed by atoms with E-state index in [0.717, 1.165) is 12.0 Å². The van der Waals surface area contributed by atoms with E-state index in [9.17, 15) is 4.79 Å². The highest BCUT2D eigenvalue weighted by molar-refractivity contribution is 5.75. The third-order valence-electron chi connectivity index (χ3n) is 1.13. The molecule has 1 aliphatic rings. The summed E-state index contributed by atoms with van der Waals surface area (Å²) >= 11 is 0. The molecule has 0 spiro atoms. The Labute approximate surface area is 53.8 Å². The molecule has 0 aromatic rings. The SMILES string of the molecule is C=CCC1=COC(=O)C1. The average molecular weight is 124 g/mol. The van der Waals surface area contributed by atoms with Crippen molar-refractivity contribution in [1.82, 2.24) is 0 Å². The van der Waals surface area contributed by atoms with E-state index in [1.807, 2.05) is 0 Å². The Hall–Kier alpha value is -1.05. The summed E-state index contributed by atoms with van der Waals surface area (Å²) in [6, 6.07) is 0. The van der Waals surface area contributed by atoms with E-state index in [4.69, 9.17) is 0 Å². The van der Waals surface area contributed by atoms with Gasteiger partial charge in [0.05, 0.1) is 12.7 Å². The number of cyclic esters (lactones) is 1. The van der Waals surface area contributed by atoms with E-state index < -0.39 is 0 Å². The number of carbonyl (C=O) groups excluding carboxylic acids is 1. The van der Waals surface area contributed by atoms with Gasteiger partial charge in [-0.05, 0) is 12.0 Å². The molecule has 0 N–H and O–H groups in total. The van der Waals surface area contributed by atoms with Crippen LogP contribution in [0.4, 0.5) is 0 Å². The lowest BCUT2D eigenvalue weighted by molar-refractivity contribution is -0.135. The quantitative estimate of drug-likeness (QED) is 0.410. The van der Waals surface area contributed by atoms with Gasteiger partial charge in [-0.3, -0.25) is 4.79 Å². The van der Waals surface area contributed by atoms with Crippen LogP contribution >= 0.6 is 0 Å². The fraction of sp³-hybridized carbons (Fsp3) is 0.286. The van der Waals surface area contributed by atoms with Gasteiger partial charge in [0.25, 0.3) is 0 Å². The Bertz CT molecular complexity index is 168. The maximum atomic E-state index is 10.4. The summed E-state index contributed by atoms with van der Waals surface area (Å²) in [4.78, 5) is 10.4. The van der Waals surface area contributed by atoms with Gasteiger partial charge >= 0.3 is 5.97 Å². The minimum Gasteiger partial charge on any atom is -0.434 e. The van der Waals surface area contributed by atoms with Gasteiger partial charge in [-0.25, -0.2) is 0 Å². The Balaban J connectivity index is 2.44. The molecule has 0 aromatic heterocycles. The molecule has 0 atom stereocenters. The van der Waals surface area contributed by atoms with E-state index >= 15 is 0 Å². The van der Waals surface area contributed by atoms with Crippen molar-refractivity contribution >= 4 is 5.97 Å². The highest BCUT2D eigenvalue weighted by Crippen LogP contribution is 2.14. The van der Waals surface area contributed by atoms with Crippen LogP contribution in [0.1, 0.15) is 12.8 Å². The van der Waals surface area contributed by atoms with Crippen molar-refractivity contribution in [3.05, 3.63) is 24.5 Å². The van der Waals surface area contributed by atoms with Crippen LogP contribution in [0.2, 0.25) is 0 Å². The smallest absolute Gasteiger partial charge is 0.314 e. The number of hydrogen-bond acceptors (Lipinski definition) is 2. The largest absolute Gasteiger partial charge is 0.434 e. The Morgan fingerprint density at radius 2 is 2.67 bits per heavy atom. The lowest BCUT2D eigenvalue weighted by atomic mass is 10.2. The number of carbonyl (C=O) groups is 1. The van der Waals surface area contributed by atoms with Crippen LogP contribution in [0.15, 0.2) is 24.5 Å². The molecule has 0 saturated carbocycles. The van der Waals surface area contributed by atoms with Crippen LogP contribution in [-0.2, 0) is 9.53 Å². The predicted molar refractivity (Wildman–Crippen MR) is 33.6 cm³/mol. The number of rotatable bonds is 2. The predicted octanol–water partition coefficient (Wildman–Crippen LogP) is 1.39. The van der Waals surface area contributed by atoms with E-state index in [-0.39, 0.29) is 5.97 Å². The van der Waals surface area contributed by atoms with Gasteiger partial charge in [-0.15, -0.1) is 6.58 Å². The molecule has 0 radical (unpaired) electrons. The molecule has 0 bridgehead atoms. The van der Waals surface area contributed by atoms with Gasteiger partial charge < -0.3 is 4.74 Å². The fourth-order valence-electron chi connectivity index (χ4n) is 0.723. The standard InChI is InChI=1S/C7H8O2/c1-2-3-6-4-7(8)9-5-6/h2,5H,1,3-4H2. The fourth-order valence-corrected chi connectivity index (χ4v) is 0.723. The van der Waals surface area contributed by atoms with Gasteiger partial charge in [0.1, 0.15) is 0 Å². The van der Waals surface area contributed by atoms with Gasteiger partial charge in [-0.2, -0.15) is 0 Å². The molecular weight excluding hydrogens is 116 g/mol. The molecule has 2 nitrogen and oxygen atoms in total. The van der Waals surface area contributed by atoms with Crippen LogP contribution < -0.4 is 0 Å². The normalized spacial score (nSPS) is 16.9. The summed E-state index contributed by atoms with van der Waals surface area (Å²) in [5.41, 5.74) is 1.01. The molecule has 9 heavy (non-hydrogen) atoms. The van der Waals surface area contributed by atoms with E-state index in [2.05, 4.69) is 11.3 Å². The minimum atomic E-state index is -0.160. The molecule has 0 aromatic carbocycles. The van der Waals surface area contributed by atoms with Crippen LogP contribution in [0.5, 0.6) is 0 Å². The molecule has 0 fully saturated rings. The molecule has 0 aliphatic carbocycles. The molecule has 0 saturated heterocycles. The van der Waals surface area contributed by atoms with Crippen LogP contribution in [0.3, 0.4) is 0 Å². The number of esters is 1. The van der Waals surface area contributed by atoms with Crippen molar-refractivity contribution in [3.8, 4) is 0 Å². The molecule has 2 heteroatoms. The maximum absolute atomic E-state index is 10.4. The molecule has 1 heterocycles. The molecule has 1 rings (SSSR count). The Morgan fingerprint density at radius 1 is 1.89 bits per heavy atom. The molecule has 1 aliphatic heterocycles. The highest BCUT2D eigenvalue weighted by Gasteiger charge is 2.12. The monoisotopic (exact) mass is 124 g/mol. The number of allylic oxidation sites excluding steroid dienone is 1. The summed E-state index contributed by atoms with van der Waals surface area (Å²) in [7, 11) is 0. The third kappa shape index (κ3) is 1.42. The minimum absolute atomic E-state index is 0.160. The van der Waals surface area contributed by atoms with E-state index in [1.54, 1.807) is 6.08 Å². The van der Waals surface area contributed by atoms with Gasteiger partial charge in [0.2, 0.25) is 0 Å². The summed E-state index contributed by atoms with van der Waals surface area (Å²) in [5.74, 6) is -0.160. The molecule has 0 unspecified atom stereocenters. The van der Waals surface area contributed by atoms with E-state index in [0.29, 0.717) is 6.42 Å². The van der Waals surface area contributed by atoms with Crippen molar-refractivity contribution in [2.75, 3.05) is 0 Å². The Kier molecular flexibility index (Phi) is 1.68. The highest BCUT2D eigenvalue weighted by atomic mass is 16.5. The van der Waals surface area contributed by atoms with Crippen LogP contribution in [0, 0.1) is 0 Å². The first kappa shape index (κ1) is 6.08. The second-order valence-electron chi connectivity index (χ2n) is 1.94. The second-order valence-corrected chi connectivity index (χ2v) is 1.94. The number of ether oxygens (including phenoxy) is 1. The van der Waals surface area contributed by atoms with Crippen molar-refractivity contribution in [1.29, 1.82) is 0 Å². The topological polar surface area (TPSA) is 26.3 Å². The lowest BCUT2D eigenvalue weighted by Gasteiger charge is -1.85. The van der Waals surface area contributed by atoms with Crippen LogP contribution in [-0.4, -0.2) is 5.97 Å². The van der Waals surface area contributed by atoms with Crippen molar-refractivity contribution < 1.29 is 9.53 Å². The summed E-state index contributed by atoms with van der Waals surface area (Å²) < 4.78 is 4.57. The molecular formula is C7H8O2. The summed E-state index contributed by atoms with van der Waals surface area (Å²) in [6.07, 6.45) is 4.45. The van der Waals surface area contributed by atoms with Gasteiger partial charge in [0.15, 0.2) is 0 Å². The summed E-state index contributed by atoms with van der Waals surface area (Å²) in [5, 5.41) is 0. The van der Waals surface area contributed by atoms with Gasteiger partial charge in [-0.1, -0.05) is 6.08 Å². The first-order chi connectivity index (χ1) is 4.33.